The summed E-state index contributed by atoms with van der Waals surface area (Å²) in [7, 11) is 0. The first-order chi connectivity index (χ1) is 18.2. The molecule has 216 valence electrons. The largest absolute Gasteiger partial charge is 0.446 e. The van der Waals surface area contributed by atoms with E-state index in [0.29, 0.717) is 23.4 Å². The van der Waals surface area contributed by atoms with Crippen molar-refractivity contribution in [1.29, 1.82) is 0 Å². The van der Waals surface area contributed by atoms with Crippen molar-refractivity contribution < 1.29 is 9.53 Å². The summed E-state index contributed by atoms with van der Waals surface area (Å²) in [4.78, 5) is 12.5. The number of fused-ring (bicyclic) bond motifs is 5. The van der Waals surface area contributed by atoms with E-state index in [1.165, 1.54) is 70.6 Å². The van der Waals surface area contributed by atoms with E-state index in [1.807, 2.05) is 0 Å². The molecule has 4 nitrogen and oxygen atoms in total. The molecule has 4 aliphatic carbocycles. The summed E-state index contributed by atoms with van der Waals surface area (Å²) in [5.74, 6) is 5.22. The van der Waals surface area contributed by atoms with Gasteiger partial charge in [-0.15, -0.1) is 0 Å². The molecule has 9 atom stereocenters. The number of rotatable bonds is 9. The fraction of sp³-hybridized carbons (Fsp3) is 0.912. The van der Waals surface area contributed by atoms with Crippen LogP contribution in [-0.2, 0) is 4.74 Å². The molecule has 0 aromatic heterocycles. The van der Waals surface area contributed by atoms with Gasteiger partial charge in [-0.3, -0.25) is 0 Å². The number of allylic oxidation sites excluding steroid dienone is 1. The predicted molar refractivity (Wildman–Crippen MR) is 157 cm³/mol. The second kappa shape index (κ2) is 11.8. The molecule has 3 saturated carbocycles. The molecule has 1 aliphatic heterocycles. The van der Waals surface area contributed by atoms with Gasteiger partial charge in [-0.2, -0.15) is 0 Å². The molecule has 2 N–H and O–H groups in total. The summed E-state index contributed by atoms with van der Waals surface area (Å²) in [6, 6.07) is 0.562. The van der Waals surface area contributed by atoms with Crippen molar-refractivity contribution in [3.05, 3.63) is 11.6 Å². The maximum absolute atomic E-state index is 12.5. The second-order valence-corrected chi connectivity index (χ2v) is 15.1. The van der Waals surface area contributed by atoms with Gasteiger partial charge >= 0.3 is 6.09 Å². The Morgan fingerprint density at radius 3 is 2.68 bits per heavy atom. The third-order valence-electron chi connectivity index (χ3n) is 12.5. The molecule has 1 saturated heterocycles. The van der Waals surface area contributed by atoms with Crippen molar-refractivity contribution >= 4 is 6.09 Å². The minimum absolute atomic E-state index is 0.0480. The molecular formula is C34H58N2O2. The van der Waals surface area contributed by atoms with Crippen LogP contribution in [0.1, 0.15) is 125 Å². The quantitative estimate of drug-likeness (QED) is 0.297. The van der Waals surface area contributed by atoms with E-state index in [0.717, 1.165) is 61.3 Å². The van der Waals surface area contributed by atoms with Gasteiger partial charge in [0.15, 0.2) is 0 Å². The minimum Gasteiger partial charge on any atom is -0.446 e. The molecule has 1 unspecified atom stereocenters. The van der Waals surface area contributed by atoms with Crippen molar-refractivity contribution in [3.8, 4) is 0 Å². The fourth-order valence-electron chi connectivity index (χ4n) is 10.3. The fourth-order valence-corrected chi connectivity index (χ4v) is 10.3. The Labute approximate surface area is 233 Å². The molecule has 1 amide bonds. The molecule has 0 bridgehead atoms. The van der Waals surface area contributed by atoms with Gasteiger partial charge in [-0.05, 0) is 117 Å². The monoisotopic (exact) mass is 526 g/mol. The first-order valence-corrected chi connectivity index (χ1v) is 16.6. The Hall–Kier alpha value is -1.03. The summed E-state index contributed by atoms with van der Waals surface area (Å²) in [5, 5.41) is 6.53. The molecule has 5 aliphatic rings. The Balaban J connectivity index is 1.16. The molecule has 38 heavy (non-hydrogen) atoms. The highest BCUT2D eigenvalue weighted by molar-refractivity contribution is 5.67. The summed E-state index contributed by atoms with van der Waals surface area (Å²) >= 11 is 0. The molecule has 0 aromatic carbocycles. The number of ether oxygens (including phenoxy) is 1. The van der Waals surface area contributed by atoms with Gasteiger partial charge in [0, 0.05) is 19.0 Å². The maximum atomic E-state index is 12.5. The number of carbonyl (C=O) groups is 1. The predicted octanol–water partition coefficient (Wildman–Crippen LogP) is 8.26. The van der Waals surface area contributed by atoms with Crippen LogP contribution >= 0.6 is 0 Å². The summed E-state index contributed by atoms with van der Waals surface area (Å²) in [6.07, 6.45) is 20.3. The number of amides is 1. The minimum atomic E-state index is -0.209. The number of carbonyl (C=O) groups excluding carboxylic acids is 1. The van der Waals surface area contributed by atoms with Crippen molar-refractivity contribution in [2.45, 2.75) is 137 Å². The Kier molecular flexibility index (Phi) is 8.87. The van der Waals surface area contributed by atoms with E-state index in [2.05, 4.69) is 51.3 Å². The average molecular weight is 527 g/mol. The summed E-state index contributed by atoms with van der Waals surface area (Å²) < 4.78 is 5.95. The van der Waals surface area contributed by atoms with Gasteiger partial charge in [0.2, 0.25) is 0 Å². The lowest BCUT2D eigenvalue weighted by Gasteiger charge is -2.58. The van der Waals surface area contributed by atoms with Crippen molar-refractivity contribution in [3.63, 3.8) is 0 Å². The van der Waals surface area contributed by atoms with Gasteiger partial charge in [-0.1, -0.05) is 65.5 Å². The van der Waals surface area contributed by atoms with Gasteiger partial charge in [0.25, 0.3) is 0 Å². The Morgan fingerprint density at radius 2 is 1.92 bits per heavy atom. The van der Waals surface area contributed by atoms with Gasteiger partial charge < -0.3 is 15.4 Å². The summed E-state index contributed by atoms with van der Waals surface area (Å²) in [6.45, 7) is 14.4. The van der Waals surface area contributed by atoms with E-state index in [4.69, 9.17) is 4.74 Å². The first-order valence-electron chi connectivity index (χ1n) is 16.6. The number of alkyl carbamates (subject to hydrolysis) is 1. The molecule has 4 fully saturated rings. The van der Waals surface area contributed by atoms with Crippen LogP contribution in [0, 0.1) is 46.3 Å². The highest BCUT2D eigenvalue weighted by atomic mass is 16.6. The van der Waals surface area contributed by atoms with E-state index in [9.17, 15) is 4.79 Å². The van der Waals surface area contributed by atoms with Crippen molar-refractivity contribution in [2.75, 3.05) is 13.1 Å². The van der Waals surface area contributed by atoms with Crippen LogP contribution in [0.4, 0.5) is 4.79 Å². The second-order valence-electron chi connectivity index (χ2n) is 15.1. The molecule has 4 heteroatoms. The summed E-state index contributed by atoms with van der Waals surface area (Å²) in [5.41, 5.74) is 2.47. The van der Waals surface area contributed by atoms with Crippen molar-refractivity contribution in [2.24, 2.45) is 46.3 Å². The Bertz CT molecular complexity index is 847. The zero-order valence-electron chi connectivity index (χ0n) is 25.3. The highest BCUT2D eigenvalue weighted by Gasteiger charge is 2.59. The van der Waals surface area contributed by atoms with Crippen LogP contribution in [0.5, 0.6) is 0 Å². The first kappa shape index (κ1) is 28.5. The maximum Gasteiger partial charge on any atom is 0.407 e. The number of hydrogen-bond donors (Lipinski definition) is 2. The zero-order valence-corrected chi connectivity index (χ0v) is 25.3. The SMILES string of the molecule is CC(C)CCC[C@@H](C)[C@H]1CC[C@H]2[C@@H]3CC=C4C[C@@H](OC(=O)NCCC5CCCN5)CC[C@]4(C)[C@H]3CC[C@]12C. The van der Waals surface area contributed by atoms with Gasteiger partial charge in [-0.25, -0.2) is 4.79 Å². The molecule has 0 radical (unpaired) electrons. The third kappa shape index (κ3) is 5.72. The lowest BCUT2D eigenvalue weighted by atomic mass is 9.47. The molecule has 0 spiro atoms. The van der Waals surface area contributed by atoms with Crippen LogP contribution in [0.2, 0.25) is 0 Å². The lowest BCUT2D eigenvalue weighted by Crippen LogP contribution is -2.51. The van der Waals surface area contributed by atoms with Gasteiger partial charge in [0.05, 0.1) is 0 Å². The van der Waals surface area contributed by atoms with Gasteiger partial charge in [0.1, 0.15) is 6.10 Å². The van der Waals surface area contributed by atoms with Crippen molar-refractivity contribution in [1.82, 2.24) is 10.6 Å². The van der Waals surface area contributed by atoms with Crippen LogP contribution in [0.15, 0.2) is 11.6 Å². The Morgan fingerprint density at radius 1 is 1.08 bits per heavy atom. The van der Waals surface area contributed by atoms with Crippen LogP contribution in [0.3, 0.4) is 0 Å². The van der Waals surface area contributed by atoms with Crippen LogP contribution < -0.4 is 10.6 Å². The number of hydrogen-bond acceptors (Lipinski definition) is 3. The van der Waals surface area contributed by atoms with E-state index in [-0.39, 0.29) is 12.2 Å². The standard InChI is InChI=1S/C34H58N2O2/c1-23(2)8-6-9-24(3)29-13-14-30-28-12-11-25-22-27(38-32(37)36-21-17-26-10-7-20-35-26)15-18-33(25,4)31(28)16-19-34(29,30)5/h11,23-24,26-31,35H,6-10,12-22H2,1-5H3,(H,36,37)/t24-,26?,27+,28+,29-,30+,31+,33+,34-/m1/s1. The highest BCUT2D eigenvalue weighted by Crippen LogP contribution is 2.67. The topological polar surface area (TPSA) is 50.4 Å². The number of nitrogens with one attached hydrogen (secondary N) is 2. The molecule has 5 rings (SSSR count). The van der Waals surface area contributed by atoms with Crippen LogP contribution in [0.25, 0.3) is 0 Å². The molecular weight excluding hydrogens is 468 g/mol. The normalized spacial score (nSPS) is 41.2. The van der Waals surface area contributed by atoms with E-state index >= 15 is 0 Å². The lowest BCUT2D eigenvalue weighted by molar-refractivity contribution is -0.0581. The average Bonchev–Trinajstić information content (AvgIpc) is 3.51. The zero-order chi connectivity index (χ0) is 26.9. The third-order valence-corrected chi connectivity index (χ3v) is 12.5. The van der Waals surface area contributed by atoms with E-state index < -0.39 is 0 Å². The molecule has 1 heterocycles. The van der Waals surface area contributed by atoms with Crippen LogP contribution in [-0.4, -0.2) is 31.3 Å². The molecule has 0 aromatic rings. The smallest absolute Gasteiger partial charge is 0.407 e. The van der Waals surface area contributed by atoms with E-state index in [1.54, 1.807) is 5.57 Å².